The minimum atomic E-state index is -0.381. The van der Waals surface area contributed by atoms with Crippen LogP contribution in [-0.2, 0) is 6.42 Å². The minimum absolute atomic E-state index is 0.236. The molecule has 1 aliphatic heterocycles. The van der Waals surface area contributed by atoms with Crippen molar-refractivity contribution in [2.24, 2.45) is 11.3 Å². The number of nitrogens with zero attached hydrogens (tertiary/aromatic N) is 1. The second kappa shape index (κ2) is 5.29. The average molecular weight is 289 g/mol. The van der Waals surface area contributed by atoms with E-state index in [9.17, 15) is 5.11 Å². The molecule has 0 amide bonds. The SMILES string of the molecule is COc1ccc2c(c1)C(O)C(N1CCC(C(C)(C)C)C1)C2. The predicted octanol–water partition coefficient (Wildman–Crippen LogP) is 3.02. The van der Waals surface area contributed by atoms with Crippen LogP contribution in [0.3, 0.4) is 0 Å². The Bertz CT molecular complexity index is 520. The molecule has 1 aromatic rings. The maximum Gasteiger partial charge on any atom is 0.119 e. The average Bonchev–Trinajstić information content (AvgIpc) is 3.03. The van der Waals surface area contributed by atoms with Gasteiger partial charge in [-0.15, -0.1) is 0 Å². The third-order valence-corrected chi connectivity index (χ3v) is 5.38. The van der Waals surface area contributed by atoms with Gasteiger partial charge in [0.05, 0.1) is 13.2 Å². The molecular formula is C18H27NO2. The second-order valence-electron chi connectivity index (χ2n) is 7.63. The Morgan fingerprint density at radius 1 is 1.29 bits per heavy atom. The highest BCUT2D eigenvalue weighted by Gasteiger charge is 2.40. The number of rotatable bonds is 2. The number of ether oxygens (including phenoxy) is 1. The van der Waals surface area contributed by atoms with E-state index in [-0.39, 0.29) is 12.1 Å². The molecule has 1 aromatic carbocycles. The first-order valence-corrected chi connectivity index (χ1v) is 7.99. The summed E-state index contributed by atoms with van der Waals surface area (Å²) >= 11 is 0. The number of methoxy groups -OCH3 is 1. The summed E-state index contributed by atoms with van der Waals surface area (Å²) in [7, 11) is 1.68. The maximum atomic E-state index is 10.7. The van der Waals surface area contributed by atoms with Crippen molar-refractivity contribution in [3.05, 3.63) is 29.3 Å². The molecule has 0 spiro atoms. The molecule has 21 heavy (non-hydrogen) atoms. The summed E-state index contributed by atoms with van der Waals surface area (Å²) in [5.74, 6) is 1.56. The molecule has 3 rings (SSSR count). The third-order valence-electron chi connectivity index (χ3n) is 5.38. The molecule has 0 saturated carbocycles. The summed E-state index contributed by atoms with van der Waals surface area (Å²) in [4.78, 5) is 2.49. The Kier molecular flexibility index (Phi) is 3.74. The first kappa shape index (κ1) is 14.9. The largest absolute Gasteiger partial charge is 0.497 e. The highest BCUT2D eigenvalue weighted by Crippen LogP contribution is 2.41. The molecule has 1 N–H and O–H groups in total. The monoisotopic (exact) mass is 289 g/mol. The summed E-state index contributed by atoms with van der Waals surface area (Å²) in [5.41, 5.74) is 2.68. The van der Waals surface area contributed by atoms with Crippen molar-refractivity contribution in [1.82, 2.24) is 4.90 Å². The van der Waals surface area contributed by atoms with E-state index in [2.05, 4.69) is 31.7 Å². The molecule has 0 bridgehead atoms. The van der Waals surface area contributed by atoms with E-state index in [0.717, 1.165) is 36.7 Å². The van der Waals surface area contributed by atoms with Gasteiger partial charge in [-0.3, -0.25) is 4.90 Å². The Balaban J connectivity index is 1.75. The van der Waals surface area contributed by atoms with Gasteiger partial charge < -0.3 is 9.84 Å². The van der Waals surface area contributed by atoms with Crippen molar-refractivity contribution < 1.29 is 9.84 Å². The standard InChI is InChI=1S/C18H27NO2/c1-18(2,3)13-7-8-19(11-13)16-9-12-5-6-14(21-4)10-15(12)17(16)20/h5-6,10,13,16-17,20H,7-9,11H2,1-4H3. The van der Waals surface area contributed by atoms with Crippen LogP contribution in [0.1, 0.15) is 44.4 Å². The van der Waals surface area contributed by atoms with Crippen LogP contribution >= 0.6 is 0 Å². The zero-order chi connectivity index (χ0) is 15.2. The summed E-state index contributed by atoms with van der Waals surface area (Å²) < 4.78 is 5.29. The summed E-state index contributed by atoms with van der Waals surface area (Å²) in [6.45, 7) is 9.19. The second-order valence-corrected chi connectivity index (χ2v) is 7.63. The van der Waals surface area contributed by atoms with E-state index in [0.29, 0.717) is 5.41 Å². The van der Waals surface area contributed by atoms with Crippen molar-refractivity contribution in [2.75, 3.05) is 20.2 Å². The molecule has 2 aliphatic rings. The number of aliphatic hydroxyl groups is 1. The van der Waals surface area contributed by atoms with Crippen LogP contribution in [0.15, 0.2) is 18.2 Å². The predicted molar refractivity (Wildman–Crippen MR) is 84.6 cm³/mol. The summed E-state index contributed by atoms with van der Waals surface area (Å²) in [6, 6.07) is 6.33. The Hall–Kier alpha value is -1.06. The van der Waals surface area contributed by atoms with E-state index >= 15 is 0 Å². The molecule has 0 aromatic heterocycles. The molecule has 3 nitrogen and oxygen atoms in total. The lowest BCUT2D eigenvalue weighted by Crippen LogP contribution is -2.37. The Morgan fingerprint density at radius 2 is 2.05 bits per heavy atom. The molecule has 0 radical (unpaired) electrons. The van der Waals surface area contributed by atoms with Crippen molar-refractivity contribution >= 4 is 0 Å². The van der Waals surface area contributed by atoms with Crippen LogP contribution in [0.25, 0.3) is 0 Å². The first-order valence-electron chi connectivity index (χ1n) is 7.99. The van der Waals surface area contributed by atoms with E-state index < -0.39 is 0 Å². The minimum Gasteiger partial charge on any atom is -0.497 e. The molecule has 116 valence electrons. The van der Waals surface area contributed by atoms with Crippen LogP contribution in [0.5, 0.6) is 5.75 Å². The van der Waals surface area contributed by atoms with Gasteiger partial charge in [0.1, 0.15) is 5.75 Å². The number of aliphatic hydroxyl groups excluding tert-OH is 1. The summed E-state index contributed by atoms with van der Waals surface area (Å²) in [5, 5.41) is 10.7. The van der Waals surface area contributed by atoms with Gasteiger partial charge in [0.2, 0.25) is 0 Å². The van der Waals surface area contributed by atoms with Gasteiger partial charge in [-0.05, 0) is 54.0 Å². The molecule has 1 saturated heterocycles. The molecule has 3 atom stereocenters. The van der Waals surface area contributed by atoms with Crippen LogP contribution in [-0.4, -0.2) is 36.2 Å². The van der Waals surface area contributed by atoms with Crippen LogP contribution < -0.4 is 4.74 Å². The van der Waals surface area contributed by atoms with Crippen molar-refractivity contribution in [3.63, 3.8) is 0 Å². The summed E-state index contributed by atoms with van der Waals surface area (Å²) in [6.07, 6.45) is 1.82. The first-order chi connectivity index (χ1) is 9.90. The fourth-order valence-electron chi connectivity index (χ4n) is 3.83. The van der Waals surface area contributed by atoms with Crippen LogP contribution in [0.4, 0.5) is 0 Å². The Morgan fingerprint density at radius 3 is 2.67 bits per heavy atom. The van der Waals surface area contributed by atoms with Gasteiger partial charge in [0, 0.05) is 12.6 Å². The lowest BCUT2D eigenvalue weighted by atomic mass is 9.80. The van der Waals surface area contributed by atoms with Crippen LogP contribution in [0, 0.1) is 11.3 Å². The van der Waals surface area contributed by atoms with E-state index in [1.165, 1.54) is 12.0 Å². The topological polar surface area (TPSA) is 32.7 Å². The van der Waals surface area contributed by atoms with Gasteiger partial charge in [0.15, 0.2) is 0 Å². The lowest BCUT2D eigenvalue weighted by Gasteiger charge is -2.30. The normalized spacial score (nSPS) is 29.7. The molecular weight excluding hydrogens is 262 g/mol. The highest BCUT2D eigenvalue weighted by atomic mass is 16.5. The quantitative estimate of drug-likeness (QED) is 0.908. The van der Waals surface area contributed by atoms with Gasteiger partial charge in [-0.2, -0.15) is 0 Å². The van der Waals surface area contributed by atoms with Gasteiger partial charge in [-0.1, -0.05) is 26.8 Å². The molecule has 1 fully saturated rings. The van der Waals surface area contributed by atoms with Gasteiger partial charge in [-0.25, -0.2) is 0 Å². The smallest absolute Gasteiger partial charge is 0.119 e. The van der Waals surface area contributed by atoms with E-state index in [1.54, 1.807) is 7.11 Å². The number of hydrogen-bond acceptors (Lipinski definition) is 3. The molecule has 3 heteroatoms. The van der Waals surface area contributed by atoms with Gasteiger partial charge >= 0.3 is 0 Å². The highest BCUT2D eigenvalue weighted by molar-refractivity contribution is 5.42. The molecule has 1 aliphatic carbocycles. The number of fused-ring (bicyclic) bond motifs is 1. The number of benzene rings is 1. The molecule has 1 heterocycles. The molecule has 3 unspecified atom stereocenters. The maximum absolute atomic E-state index is 10.7. The van der Waals surface area contributed by atoms with E-state index in [4.69, 9.17) is 4.74 Å². The van der Waals surface area contributed by atoms with Crippen molar-refractivity contribution in [2.45, 2.75) is 45.8 Å². The van der Waals surface area contributed by atoms with Crippen LogP contribution in [0.2, 0.25) is 0 Å². The number of hydrogen-bond donors (Lipinski definition) is 1. The fourth-order valence-corrected chi connectivity index (χ4v) is 3.83. The third kappa shape index (κ3) is 2.69. The lowest BCUT2D eigenvalue weighted by molar-refractivity contribution is 0.0684. The van der Waals surface area contributed by atoms with Crippen molar-refractivity contribution in [1.29, 1.82) is 0 Å². The Labute approximate surface area is 127 Å². The zero-order valence-corrected chi connectivity index (χ0v) is 13.6. The fraction of sp³-hybridized carbons (Fsp3) is 0.667. The zero-order valence-electron chi connectivity index (χ0n) is 13.6. The van der Waals surface area contributed by atoms with Crippen molar-refractivity contribution in [3.8, 4) is 5.75 Å². The number of likely N-dealkylation sites (tertiary alicyclic amines) is 1. The van der Waals surface area contributed by atoms with Gasteiger partial charge in [0.25, 0.3) is 0 Å². The van der Waals surface area contributed by atoms with E-state index in [1.807, 2.05) is 12.1 Å².